The number of pyridine rings is 1. The number of aryl methyl sites for hydroxylation is 1. The van der Waals surface area contributed by atoms with Crippen molar-refractivity contribution in [2.24, 2.45) is 5.73 Å². The van der Waals surface area contributed by atoms with E-state index in [2.05, 4.69) is 30.1 Å². The number of aromatic nitrogens is 1. The van der Waals surface area contributed by atoms with Gasteiger partial charge in [0.15, 0.2) is 5.43 Å². The molecule has 6 nitrogen and oxygen atoms in total. The molecule has 0 saturated heterocycles. The van der Waals surface area contributed by atoms with Crippen LogP contribution in [-0.2, 0) is 12.2 Å². The third-order valence-corrected chi connectivity index (χ3v) is 5.10. The minimum Gasteiger partial charge on any atom is -0.477 e. The maximum atomic E-state index is 12.2. The molecule has 26 heavy (non-hydrogen) atoms. The molecule has 0 saturated carbocycles. The molecular formula is C19H24N2O4S. The van der Waals surface area contributed by atoms with Crippen molar-refractivity contribution in [3.63, 3.8) is 0 Å². The Morgan fingerprint density at radius 3 is 2.69 bits per heavy atom. The summed E-state index contributed by atoms with van der Waals surface area (Å²) in [5, 5.41) is 16.9. The summed E-state index contributed by atoms with van der Waals surface area (Å²) in [6.07, 6.45) is 3.24. The van der Waals surface area contributed by atoms with Crippen molar-refractivity contribution in [1.82, 2.24) is 4.98 Å². The summed E-state index contributed by atoms with van der Waals surface area (Å²) >= 11 is 1.62. The van der Waals surface area contributed by atoms with Gasteiger partial charge in [-0.15, -0.1) is 11.8 Å². The number of nitrogens with one attached hydrogen (secondary N) is 1. The van der Waals surface area contributed by atoms with E-state index in [1.807, 2.05) is 0 Å². The highest BCUT2D eigenvalue weighted by atomic mass is 32.2. The van der Waals surface area contributed by atoms with Crippen LogP contribution in [0.15, 0.2) is 34.0 Å². The summed E-state index contributed by atoms with van der Waals surface area (Å²) in [7, 11) is 0. The van der Waals surface area contributed by atoms with Crippen LogP contribution >= 0.6 is 11.8 Å². The molecule has 0 bridgehead atoms. The number of carboxylic acid groups (broad SMARTS) is 1. The highest BCUT2D eigenvalue weighted by Crippen LogP contribution is 2.39. The predicted octanol–water partition coefficient (Wildman–Crippen LogP) is 2.63. The van der Waals surface area contributed by atoms with E-state index in [0.29, 0.717) is 23.6 Å². The number of hydrogen-bond acceptors (Lipinski definition) is 5. The van der Waals surface area contributed by atoms with Crippen LogP contribution in [-0.4, -0.2) is 34.3 Å². The average molecular weight is 376 g/mol. The van der Waals surface area contributed by atoms with Crippen LogP contribution in [0, 0.1) is 0 Å². The van der Waals surface area contributed by atoms with E-state index in [1.165, 1.54) is 11.6 Å². The van der Waals surface area contributed by atoms with E-state index in [-0.39, 0.29) is 17.7 Å². The molecule has 1 aromatic heterocycles. The fourth-order valence-corrected chi connectivity index (χ4v) is 3.73. The van der Waals surface area contributed by atoms with Gasteiger partial charge < -0.3 is 20.9 Å². The van der Waals surface area contributed by atoms with Crippen LogP contribution in [0.3, 0.4) is 0 Å². The molecule has 140 valence electrons. The zero-order chi connectivity index (χ0) is 19.1. The lowest BCUT2D eigenvalue weighted by molar-refractivity contribution is 0.0690. The Morgan fingerprint density at radius 2 is 2.08 bits per heavy atom. The summed E-state index contributed by atoms with van der Waals surface area (Å²) in [4.78, 5) is 27.4. The Balaban J connectivity index is 0.000000552. The summed E-state index contributed by atoms with van der Waals surface area (Å²) in [5.74, 6) is -0.534. The molecule has 0 unspecified atom stereocenters. The Bertz CT molecular complexity index is 831. The lowest BCUT2D eigenvalue weighted by Crippen LogP contribution is -2.17. The second-order valence-corrected chi connectivity index (χ2v) is 6.96. The van der Waals surface area contributed by atoms with Crippen LogP contribution in [0.25, 0.3) is 11.3 Å². The molecular weight excluding hydrogens is 352 g/mol. The number of unbranched alkanes of at least 4 members (excludes halogenated alkanes) is 1. The smallest absolute Gasteiger partial charge is 0.352 e. The van der Waals surface area contributed by atoms with E-state index < -0.39 is 5.97 Å². The summed E-state index contributed by atoms with van der Waals surface area (Å²) in [6.45, 7) is 2.63. The molecule has 1 aliphatic heterocycles. The van der Waals surface area contributed by atoms with E-state index in [1.54, 1.807) is 11.8 Å². The molecule has 0 aliphatic carbocycles. The number of hydrogen-bond donors (Lipinski definition) is 4. The summed E-state index contributed by atoms with van der Waals surface area (Å²) < 4.78 is 0. The first-order valence-corrected chi connectivity index (χ1v) is 9.56. The number of aromatic amines is 1. The van der Waals surface area contributed by atoms with Crippen LogP contribution in [0.5, 0.6) is 0 Å². The number of thioether (sulfide) groups is 1. The number of aliphatic hydroxyl groups is 1. The number of fused-ring (bicyclic) bond motifs is 3. The molecule has 2 aromatic rings. The fourth-order valence-electron chi connectivity index (χ4n) is 2.66. The molecule has 0 atom stereocenters. The molecule has 1 aliphatic rings. The van der Waals surface area contributed by atoms with Crippen molar-refractivity contribution in [2.75, 3.05) is 13.2 Å². The Labute approximate surface area is 156 Å². The molecule has 7 heteroatoms. The van der Waals surface area contributed by atoms with Gasteiger partial charge in [0.05, 0.1) is 12.3 Å². The van der Waals surface area contributed by atoms with Gasteiger partial charge in [-0.05, 0) is 30.5 Å². The number of aliphatic hydroxyl groups excluding tert-OH is 1. The average Bonchev–Trinajstić information content (AvgIpc) is 2.66. The number of rotatable bonds is 5. The third-order valence-electron chi connectivity index (χ3n) is 4.00. The maximum Gasteiger partial charge on any atom is 0.352 e. The Hall–Kier alpha value is -2.09. The zero-order valence-electron chi connectivity index (χ0n) is 14.7. The monoisotopic (exact) mass is 376 g/mol. The second-order valence-electron chi connectivity index (χ2n) is 5.94. The highest BCUT2D eigenvalue weighted by Gasteiger charge is 2.22. The highest BCUT2D eigenvalue weighted by molar-refractivity contribution is 7.98. The number of H-pyrrole nitrogens is 1. The maximum absolute atomic E-state index is 12.2. The lowest BCUT2D eigenvalue weighted by atomic mass is 10.00. The lowest BCUT2D eigenvalue weighted by Gasteiger charge is -2.20. The molecule has 3 rings (SSSR count). The first-order valence-electron chi connectivity index (χ1n) is 8.58. The van der Waals surface area contributed by atoms with Gasteiger partial charge in [-0.3, -0.25) is 4.79 Å². The van der Waals surface area contributed by atoms with E-state index in [4.69, 9.17) is 15.9 Å². The Morgan fingerprint density at radius 1 is 1.35 bits per heavy atom. The van der Waals surface area contributed by atoms with Gasteiger partial charge in [-0.2, -0.15) is 0 Å². The second kappa shape index (κ2) is 9.56. The predicted molar refractivity (Wildman–Crippen MR) is 104 cm³/mol. The van der Waals surface area contributed by atoms with Crippen molar-refractivity contribution in [2.45, 2.75) is 36.8 Å². The molecule has 1 aromatic carbocycles. The van der Waals surface area contributed by atoms with Crippen molar-refractivity contribution in [3.8, 4) is 11.3 Å². The molecule has 0 spiro atoms. The standard InChI is InChI=1S/C17H17NO3S.C2H7NO/c1-2-3-4-10-5-6-15-11(7-10)16-12(9-22-15)14(19)8-13(18-16)17(20)21;3-1-2-4/h5-8H,2-4,9H2,1H3,(H,18,19)(H,20,21);4H,1-3H2. The number of aromatic carboxylic acids is 1. The molecule has 0 amide bonds. The fraction of sp³-hybridized carbons (Fsp3) is 0.368. The minimum absolute atomic E-state index is 0.0550. The van der Waals surface area contributed by atoms with E-state index in [9.17, 15) is 9.59 Å². The number of carboxylic acids is 1. The largest absolute Gasteiger partial charge is 0.477 e. The van der Waals surface area contributed by atoms with Gasteiger partial charge in [0, 0.05) is 34.4 Å². The molecule has 2 heterocycles. The van der Waals surface area contributed by atoms with Crippen LogP contribution < -0.4 is 11.2 Å². The SMILES string of the molecule is CCCCc1ccc2c(c1)-c1[nH]c(C(=O)O)cc(=O)c1CS2.NCCO. The van der Waals surface area contributed by atoms with Crippen molar-refractivity contribution in [1.29, 1.82) is 0 Å². The molecule has 5 N–H and O–H groups in total. The van der Waals surface area contributed by atoms with Crippen LogP contribution in [0.1, 0.15) is 41.4 Å². The van der Waals surface area contributed by atoms with Gasteiger partial charge in [-0.1, -0.05) is 19.4 Å². The van der Waals surface area contributed by atoms with Gasteiger partial charge >= 0.3 is 5.97 Å². The summed E-state index contributed by atoms with van der Waals surface area (Å²) in [5.41, 5.74) is 8.01. The number of carbonyl (C=O) groups is 1. The number of nitrogens with two attached hydrogens (primary N) is 1. The van der Waals surface area contributed by atoms with Crippen LogP contribution in [0.4, 0.5) is 0 Å². The number of benzene rings is 1. The van der Waals surface area contributed by atoms with Gasteiger partial charge in [0.2, 0.25) is 0 Å². The summed E-state index contributed by atoms with van der Waals surface area (Å²) in [6, 6.07) is 7.44. The Kier molecular flexibility index (Phi) is 7.44. The normalized spacial score (nSPS) is 11.8. The van der Waals surface area contributed by atoms with Gasteiger partial charge in [0.1, 0.15) is 5.69 Å². The van der Waals surface area contributed by atoms with E-state index >= 15 is 0 Å². The molecule has 0 radical (unpaired) electrons. The van der Waals surface area contributed by atoms with Crippen molar-refractivity contribution < 1.29 is 15.0 Å². The van der Waals surface area contributed by atoms with E-state index in [0.717, 1.165) is 29.7 Å². The van der Waals surface area contributed by atoms with Gasteiger partial charge in [0.25, 0.3) is 0 Å². The first-order chi connectivity index (χ1) is 12.5. The minimum atomic E-state index is -1.11. The van der Waals surface area contributed by atoms with Gasteiger partial charge in [-0.25, -0.2) is 4.79 Å². The third kappa shape index (κ3) is 4.75. The topological polar surface area (TPSA) is 116 Å². The van der Waals surface area contributed by atoms with Crippen LogP contribution in [0.2, 0.25) is 0 Å². The first kappa shape index (κ1) is 20.2. The molecule has 0 fully saturated rings. The quantitative estimate of drug-likeness (QED) is 0.637. The van der Waals surface area contributed by atoms with Crippen molar-refractivity contribution in [3.05, 3.63) is 51.3 Å². The van der Waals surface area contributed by atoms with Crippen molar-refractivity contribution >= 4 is 17.7 Å². The zero-order valence-corrected chi connectivity index (χ0v) is 15.6.